The van der Waals surface area contributed by atoms with Gasteiger partial charge in [-0.25, -0.2) is 0 Å². The molecule has 0 aromatic heterocycles. The lowest BCUT2D eigenvalue weighted by Gasteiger charge is -2.29. The van der Waals surface area contributed by atoms with Gasteiger partial charge in [-0.2, -0.15) is 0 Å². The van der Waals surface area contributed by atoms with Crippen molar-refractivity contribution in [3.05, 3.63) is 103 Å². The number of halogens is 1. The third kappa shape index (κ3) is 3.35. The first-order valence-corrected chi connectivity index (χ1v) is 10.5. The van der Waals surface area contributed by atoms with Gasteiger partial charge in [0, 0.05) is 27.2 Å². The predicted molar refractivity (Wildman–Crippen MR) is 116 cm³/mol. The summed E-state index contributed by atoms with van der Waals surface area (Å²) >= 11 is 3.45. The van der Waals surface area contributed by atoms with Crippen molar-refractivity contribution in [3.8, 4) is 5.75 Å². The Morgan fingerprint density at radius 3 is 2.59 bits per heavy atom. The van der Waals surface area contributed by atoms with Crippen LogP contribution >= 0.6 is 15.9 Å². The predicted octanol–water partition coefficient (Wildman–Crippen LogP) is 4.76. The van der Waals surface area contributed by atoms with Crippen LogP contribution in [0.2, 0.25) is 0 Å². The molecule has 2 heterocycles. The van der Waals surface area contributed by atoms with Crippen molar-refractivity contribution in [1.82, 2.24) is 4.90 Å². The molecule has 0 saturated heterocycles. The van der Waals surface area contributed by atoms with Gasteiger partial charge in [0.05, 0.1) is 23.6 Å². The molecule has 0 aliphatic carbocycles. The number of rotatable bonds is 4. The molecule has 5 rings (SSSR count). The topological polar surface area (TPSA) is 99.0 Å². The van der Waals surface area contributed by atoms with Gasteiger partial charge >= 0.3 is 0 Å². The Kier molecular flexibility index (Phi) is 4.99. The van der Waals surface area contributed by atoms with Crippen LogP contribution in [0.25, 0.3) is 0 Å². The maximum absolute atomic E-state index is 13.0. The van der Waals surface area contributed by atoms with E-state index in [9.17, 15) is 19.7 Å². The number of hydrogen-bond donors (Lipinski definition) is 0. The van der Waals surface area contributed by atoms with Crippen molar-refractivity contribution in [2.75, 3.05) is 0 Å². The number of nitro benzene ring substituents is 1. The van der Waals surface area contributed by atoms with Crippen molar-refractivity contribution < 1.29 is 24.0 Å². The lowest BCUT2D eigenvalue weighted by Crippen LogP contribution is -2.30. The zero-order chi connectivity index (χ0) is 22.4. The van der Waals surface area contributed by atoms with Crippen LogP contribution in [0, 0.1) is 10.1 Å². The van der Waals surface area contributed by atoms with E-state index in [1.165, 1.54) is 18.2 Å². The average Bonchev–Trinajstić information content (AvgIpc) is 3.04. The third-order valence-corrected chi connectivity index (χ3v) is 5.85. The van der Waals surface area contributed by atoms with Crippen LogP contribution in [0.3, 0.4) is 0 Å². The van der Waals surface area contributed by atoms with Crippen molar-refractivity contribution in [2.24, 2.45) is 0 Å². The molecular formula is C23H15BrN2O6. The Hall–Kier alpha value is -3.56. The van der Waals surface area contributed by atoms with Crippen LogP contribution in [-0.4, -0.2) is 21.6 Å². The van der Waals surface area contributed by atoms with Gasteiger partial charge in [-0.15, -0.1) is 0 Å². The molecule has 3 aromatic carbocycles. The SMILES string of the molecule is O=C1c2cccc([N+](=O)[O-])c2C(=O)N1Cc1cc(Br)cc2c1OC(c1ccccc1)OC2. The molecule has 2 aliphatic heterocycles. The minimum Gasteiger partial charge on any atom is -0.460 e. The van der Waals surface area contributed by atoms with Crippen LogP contribution in [0.4, 0.5) is 5.69 Å². The zero-order valence-electron chi connectivity index (χ0n) is 16.5. The van der Waals surface area contributed by atoms with E-state index < -0.39 is 23.0 Å². The third-order valence-electron chi connectivity index (χ3n) is 5.40. The fourth-order valence-electron chi connectivity index (χ4n) is 3.95. The molecule has 9 heteroatoms. The minimum absolute atomic E-state index is 0.0273. The molecule has 2 aliphatic rings. The lowest BCUT2D eigenvalue weighted by molar-refractivity contribution is -0.385. The van der Waals surface area contributed by atoms with E-state index in [4.69, 9.17) is 9.47 Å². The number of benzene rings is 3. The summed E-state index contributed by atoms with van der Waals surface area (Å²) in [6.45, 7) is 0.196. The summed E-state index contributed by atoms with van der Waals surface area (Å²) in [6, 6.07) is 17.1. The highest BCUT2D eigenvalue weighted by molar-refractivity contribution is 9.10. The number of ether oxygens (including phenoxy) is 2. The van der Waals surface area contributed by atoms with E-state index in [1.54, 1.807) is 6.07 Å². The van der Waals surface area contributed by atoms with Crippen molar-refractivity contribution in [3.63, 3.8) is 0 Å². The molecule has 3 aromatic rings. The standard InChI is InChI=1S/C23H15BrN2O6/c24-16-9-14(20-15(10-16)12-31-23(32-20)13-5-2-1-3-6-13)11-25-21(27)17-7-4-8-18(26(29)30)19(17)22(25)28/h1-10,23H,11-12H2. The Morgan fingerprint density at radius 2 is 1.84 bits per heavy atom. The number of nitrogens with zero attached hydrogens (tertiary/aromatic N) is 2. The summed E-state index contributed by atoms with van der Waals surface area (Å²) < 4.78 is 12.7. The second kappa shape index (κ2) is 7.85. The van der Waals surface area contributed by atoms with Gasteiger partial charge in [0.2, 0.25) is 6.29 Å². The first-order valence-electron chi connectivity index (χ1n) is 9.72. The number of fused-ring (bicyclic) bond motifs is 2. The maximum Gasteiger partial charge on any atom is 0.282 e. The highest BCUT2D eigenvalue weighted by Gasteiger charge is 2.41. The number of imide groups is 1. The fourth-order valence-corrected chi connectivity index (χ4v) is 4.50. The molecule has 1 atom stereocenters. The van der Waals surface area contributed by atoms with Crippen molar-refractivity contribution >= 4 is 33.4 Å². The van der Waals surface area contributed by atoms with Gasteiger partial charge in [0.15, 0.2) is 0 Å². The van der Waals surface area contributed by atoms with Crippen molar-refractivity contribution in [1.29, 1.82) is 0 Å². The van der Waals surface area contributed by atoms with Crippen LogP contribution in [0.15, 0.2) is 65.1 Å². The van der Waals surface area contributed by atoms with E-state index in [0.717, 1.165) is 20.5 Å². The summed E-state index contributed by atoms with van der Waals surface area (Å²) in [5.74, 6) is -0.744. The summed E-state index contributed by atoms with van der Waals surface area (Å²) in [7, 11) is 0. The molecular weight excluding hydrogens is 480 g/mol. The highest BCUT2D eigenvalue weighted by atomic mass is 79.9. The first-order chi connectivity index (χ1) is 15.4. The molecule has 160 valence electrons. The maximum atomic E-state index is 13.0. The molecule has 0 bridgehead atoms. The molecule has 32 heavy (non-hydrogen) atoms. The Balaban J connectivity index is 1.50. The Bertz CT molecular complexity index is 1280. The fraction of sp³-hybridized carbons (Fsp3) is 0.130. The number of carbonyl (C=O) groups is 2. The number of hydrogen-bond acceptors (Lipinski definition) is 6. The molecule has 2 amide bonds. The van der Waals surface area contributed by atoms with Gasteiger partial charge < -0.3 is 9.47 Å². The second-order valence-electron chi connectivity index (χ2n) is 7.38. The van der Waals surface area contributed by atoms with Crippen molar-refractivity contribution in [2.45, 2.75) is 19.4 Å². The molecule has 8 nitrogen and oxygen atoms in total. The van der Waals surface area contributed by atoms with E-state index >= 15 is 0 Å². The molecule has 0 fully saturated rings. The lowest BCUT2D eigenvalue weighted by atomic mass is 10.1. The quantitative estimate of drug-likeness (QED) is 0.294. The molecule has 0 saturated carbocycles. The van der Waals surface area contributed by atoms with Gasteiger partial charge in [-0.05, 0) is 18.2 Å². The van der Waals surface area contributed by atoms with Gasteiger partial charge in [0.25, 0.3) is 17.5 Å². The largest absolute Gasteiger partial charge is 0.460 e. The van der Waals surface area contributed by atoms with Crippen LogP contribution in [0.5, 0.6) is 5.75 Å². The minimum atomic E-state index is -0.697. The average molecular weight is 495 g/mol. The van der Waals surface area contributed by atoms with Gasteiger partial charge in [0.1, 0.15) is 11.3 Å². The molecule has 0 radical (unpaired) electrons. The molecule has 0 spiro atoms. The molecule has 1 unspecified atom stereocenters. The van der Waals surface area contributed by atoms with Gasteiger partial charge in [-0.3, -0.25) is 24.6 Å². The monoisotopic (exact) mass is 494 g/mol. The van der Waals surface area contributed by atoms with Crippen LogP contribution in [0.1, 0.15) is 43.7 Å². The van der Waals surface area contributed by atoms with Crippen LogP contribution < -0.4 is 4.74 Å². The van der Waals surface area contributed by atoms with E-state index in [1.807, 2.05) is 36.4 Å². The van der Waals surface area contributed by atoms with E-state index in [0.29, 0.717) is 11.3 Å². The first kappa shape index (κ1) is 20.3. The normalized spacial score (nSPS) is 17.0. The van der Waals surface area contributed by atoms with E-state index in [-0.39, 0.29) is 30.0 Å². The zero-order valence-corrected chi connectivity index (χ0v) is 18.1. The smallest absolute Gasteiger partial charge is 0.282 e. The molecule has 0 N–H and O–H groups in total. The number of carbonyl (C=O) groups excluding carboxylic acids is 2. The Morgan fingerprint density at radius 1 is 1.06 bits per heavy atom. The highest BCUT2D eigenvalue weighted by Crippen LogP contribution is 2.40. The summed E-state index contributed by atoms with van der Waals surface area (Å²) in [5, 5.41) is 11.4. The number of nitro groups is 1. The van der Waals surface area contributed by atoms with E-state index in [2.05, 4.69) is 15.9 Å². The van der Waals surface area contributed by atoms with Crippen LogP contribution in [-0.2, 0) is 17.9 Å². The summed E-state index contributed by atoms with van der Waals surface area (Å²) in [4.78, 5) is 37.7. The second-order valence-corrected chi connectivity index (χ2v) is 8.29. The number of amides is 2. The Labute approximate surface area is 190 Å². The van der Waals surface area contributed by atoms with Gasteiger partial charge in [-0.1, -0.05) is 52.3 Å². The summed E-state index contributed by atoms with van der Waals surface area (Å²) in [5.41, 5.74) is 1.66. The summed E-state index contributed by atoms with van der Waals surface area (Å²) in [6.07, 6.45) is -0.633.